The van der Waals surface area contributed by atoms with Crippen molar-refractivity contribution in [3.8, 4) is 0 Å². The summed E-state index contributed by atoms with van der Waals surface area (Å²) in [6, 6.07) is 5.86. The molecule has 1 aliphatic heterocycles. The van der Waals surface area contributed by atoms with Crippen molar-refractivity contribution in [1.29, 1.82) is 0 Å². The Morgan fingerprint density at radius 1 is 1.50 bits per heavy atom. The van der Waals surface area contributed by atoms with Gasteiger partial charge in [0.25, 0.3) is 0 Å². The van der Waals surface area contributed by atoms with Gasteiger partial charge in [-0.1, -0.05) is 17.7 Å². The Balaban J connectivity index is 2.20. The van der Waals surface area contributed by atoms with E-state index in [0.29, 0.717) is 11.6 Å². The number of rotatable bonds is 2. The molecule has 2 rings (SSSR count). The highest BCUT2D eigenvalue weighted by molar-refractivity contribution is 5.49. The zero-order chi connectivity index (χ0) is 11.7. The summed E-state index contributed by atoms with van der Waals surface area (Å²) in [6.45, 7) is 4.04. The van der Waals surface area contributed by atoms with E-state index in [9.17, 15) is 5.11 Å². The molecule has 1 aliphatic rings. The van der Waals surface area contributed by atoms with Gasteiger partial charge in [0.1, 0.15) is 0 Å². The van der Waals surface area contributed by atoms with E-state index < -0.39 is 6.10 Å². The van der Waals surface area contributed by atoms with Gasteiger partial charge >= 0.3 is 0 Å². The number of nitrogen functional groups attached to an aromatic ring is 1. The average molecular weight is 220 g/mol. The van der Waals surface area contributed by atoms with E-state index >= 15 is 0 Å². The number of nitrogens with two attached hydrogens (primary N) is 1. The van der Waals surface area contributed by atoms with Crippen LogP contribution in [0.1, 0.15) is 23.7 Å². The Hall–Kier alpha value is -1.06. The van der Waals surface area contributed by atoms with Crippen LogP contribution in [-0.4, -0.2) is 30.1 Å². The third kappa shape index (κ3) is 2.20. The average Bonchev–Trinajstić information content (AvgIpc) is 2.67. The van der Waals surface area contributed by atoms with Crippen LogP contribution in [-0.2, 0) is 0 Å². The molecular formula is C13H20N2O. The predicted molar refractivity (Wildman–Crippen MR) is 66.2 cm³/mol. The van der Waals surface area contributed by atoms with Crippen LogP contribution in [0.15, 0.2) is 18.2 Å². The van der Waals surface area contributed by atoms with Gasteiger partial charge in [-0.2, -0.15) is 0 Å². The number of anilines is 1. The van der Waals surface area contributed by atoms with E-state index in [1.807, 2.05) is 25.1 Å². The summed E-state index contributed by atoms with van der Waals surface area (Å²) in [5, 5.41) is 10.3. The van der Waals surface area contributed by atoms with Crippen molar-refractivity contribution in [1.82, 2.24) is 4.90 Å². The lowest BCUT2D eigenvalue weighted by molar-refractivity contribution is 0.113. The Morgan fingerprint density at radius 2 is 2.25 bits per heavy atom. The Labute approximate surface area is 96.9 Å². The SMILES string of the molecule is Cc1ccc(N)c(C(O)C2CCN(C)C2)c1. The zero-order valence-corrected chi connectivity index (χ0v) is 9.98. The van der Waals surface area contributed by atoms with Gasteiger partial charge in [-0.3, -0.25) is 0 Å². The molecule has 0 spiro atoms. The molecule has 0 aromatic heterocycles. The van der Waals surface area contributed by atoms with E-state index in [1.165, 1.54) is 0 Å². The first-order chi connectivity index (χ1) is 7.58. The maximum Gasteiger partial charge on any atom is 0.0850 e. The van der Waals surface area contributed by atoms with Crippen molar-refractivity contribution in [2.24, 2.45) is 5.92 Å². The number of aryl methyl sites for hydroxylation is 1. The van der Waals surface area contributed by atoms with E-state index in [0.717, 1.165) is 30.6 Å². The number of nitrogens with zero attached hydrogens (tertiary/aromatic N) is 1. The highest BCUT2D eigenvalue weighted by atomic mass is 16.3. The van der Waals surface area contributed by atoms with Gasteiger partial charge in [0.2, 0.25) is 0 Å². The van der Waals surface area contributed by atoms with Crippen LogP contribution in [0.4, 0.5) is 5.69 Å². The minimum absolute atomic E-state index is 0.314. The Morgan fingerprint density at radius 3 is 2.88 bits per heavy atom. The maximum atomic E-state index is 10.3. The standard InChI is InChI=1S/C13H20N2O/c1-9-3-4-12(14)11(7-9)13(16)10-5-6-15(2)8-10/h3-4,7,10,13,16H,5-6,8,14H2,1-2H3. The first-order valence-corrected chi connectivity index (χ1v) is 5.80. The van der Waals surface area contributed by atoms with Gasteiger partial charge in [-0.05, 0) is 33.0 Å². The number of benzene rings is 1. The molecule has 1 aromatic carbocycles. The number of hydrogen-bond donors (Lipinski definition) is 2. The molecule has 3 nitrogen and oxygen atoms in total. The quantitative estimate of drug-likeness (QED) is 0.744. The summed E-state index contributed by atoms with van der Waals surface area (Å²) in [5.41, 5.74) is 8.66. The minimum Gasteiger partial charge on any atom is -0.398 e. The fraction of sp³-hybridized carbons (Fsp3) is 0.538. The summed E-state index contributed by atoms with van der Waals surface area (Å²) in [5.74, 6) is 0.314. The highest BCUT2D eigenvalue weighted by Crippen LogP contribution is 2.32. The van der Waals surface area contributed by atoms with Crippen molar-refractivity contribution >= 4 is 5.69 Å². The topological polar surface area (TPSA) is 49.5 Å². The summed E-state index contributed by atoms with van der Waals surface area (Å²) in [6.07, 6.45) is 0.621. The molecule has 1 saturated heterocycles. The van der Waals surface area contributed by atoms with Gasteiger partial charge in [0, 0.05) is 23.7 Å². The summed E-state index contributed by atoms with van der Waals surface area (Å²) in [7, 11) is 2.09. The summed E-state index contributed by atoms with van der Waals surface area (Å²) >= 11 is 0. The molecule has 0 saturated carbocycles. The van der Waals surface area contributed by atoms with Crippen LogP contribution in [0.5, 0.6) is 0 Å². The Kier molecular flexibility index (Phi) is 3.17. The van der Waals surface area contributed by atoms with Gasteiger partial charge in [-0.25, -0.2) is 0 Å². The number of aliphatic hydroxyl groups excluding tert-OH is 1. The fourth-order valence-corrected chi connectivity index (χ4v) is 2.43. The van der Waals surface area contributed by atoms with E-state index in [-0.39, 0.29) is 0 Å². The van der Waals surface area contributed by atoms with Gasteiger partial charge < -0.3 is 15.7 Å². The first kappa shape index (κ1) is 11.4. The second kappa shape index (κ2) is 4.44. The molecule has 0 amide bonds. The van der Waals surface area contributed by atoms with Crippen LogP contribution in [0.25, 0.3) is 0 Å². The molecule has 16 heavy (non-hydrogen) atoms. The molecular weight excluding hydrogens is 200 g/mol. The lowest BCUT2D eigenvalue weighted by Crippen LogP contribution is -2.19. The largest absolute Gasteiger partial charge is 0.398 e. The summed E-state index contributed by atoms with van der Waals surface area (Å²) < 4.78 is 0. The van der Waals surface area contributed by atoms with E-state index in [4.69, 9.17) is 5.73 Å². The van der Waals surface area contributed by atoms with Gasteiger partial charge in [0.15, 0.2) is 0 Å². The maximum absolute atomic E-state index is 10.3. The van der Waals surface area contributed by atoms with Gasteiger partial charge in [0.05, 0.1) is 6.10 Å². The van der Waals surface area contributed by atoms with Crippen molar-refractivity contribution in [3.05, 3.63) is 29.3 Å². The molecule has 0 aliphatic carbocycles. The summed E-state index contributed by atoms with van der Waals surface area (Å²) in [4.78, 5) is 2.25. The lowest BCUT2D eigenvalue weighted by Gasteiger charge is -2.20. The third-order valence-corrected chi connectivity index (χ3v) is 3.44. The lowest BCUT2D eigenvalue weighted by atomic mass is 9.93. The minimum atomic E-state index is -0.426. The molecule has 0 radical (unpaired) electrons. The first-order valence-electron chi connectivity index (χ1n) is 5.80. The number of aliphatic hydroxyl groups is 1. The van der Waals surface area contributed by atoms with Crippen LogP contribution >= 0.6 is 0 Å². The monoisotopic (exact) mass is 220 g/mol. The van der Waals surface area contributed by atoms with Crippen LogP contribution in [0, 0.1) is 12.8 Å². The van der Waals surface area contributed by atoms with E-state index in [1.54, 1.807) is 0 Å². The van der Waals surface area contributed by atoms with Crippen molar-refractivity contribution in [2.75, 3.05) is 25.9 Å². The molecule has 1 fully saturated rings. The molecule has 1 aromatic rings. The molecule has 3 N–H and O–H groups in total. The van der Waals surface area contributed by atoms with Crippen molar-refractivity contribution in [3.63, 3.8) is 0 Å². The zero-order valence-electron chi connectivity index (χ0n) is 9.98. The molecule has 2 atom stereocenters. The molecule has 3 heteroatoms. The van der Waals surface area contributed by atoms with Gasteiger partial charge in [-0.15, -0.1) is 0 Å². The highest BCUT2D eigenvalue weighted by Gasteiger charge is 2.28. The Bertz CT molecular complexity index is 378. The molecule has 2 unspecified atom stereocenters. The second-order valence-corrected chi connectivity index (χ2v) is 4.89. The van der Waals surface area contributed by atoms with E-state index in [2.05, 4.69) is 11.9 Å². The van der Waals surface area contributed by atoms with Crippen molar-refractivity contribution in [2.45, 2.75) is 19.4 Å². The van der Waals surface area contributed by atoms with Crippen LogP contribution < -0.4 is 5.73 Å². The molecule has 0 bridgehead atoms. The van der Waals surface area contributed by atoms with Crippen LogP contribution in [0.2, 0.25) is 0 Å². The number of hydrogen-bond acceptors (Lipinski definition) is 3. The van der Waals surface area contributed by atoms with Crippen molar-refractivity contribution < 1.29 is 5.11 Å². The smallest absolute Gasteiger partial charge is 0.0850 e. The molecule has 1 heterocycles. The van der Waals surface area contributed by atoms with Crippen LogP contribution in [0.3, 0.4) is 0 Å². The predicted octanol–water partition coefficient (Wildman–Crippen LogP) is 1.56. The second-order valence-electron chi connectivity index (χ2n) is 4.89. The normalized spacial score (nSPS) is 23.6. The third-order valence-electron chi connectivity index (χ3n) is 3.44. The number of likely N-dealkylation sites (tertiary alicyclic amines) is 1. The molecule has 88 valence electrons. The fourth-order valence-electron chi connectivity index (χ4n) is 2.43.